The van der Waals surface area contributed by atoms with E-state index in [1.165, 1.54) is 30.6 Å². The van der Waals surface area contributed by atoms with Crippen LogP contribution in [-0.4, -0.2) is 106 Å². The zero-order chi connectivity index (χ0) is 35.3. The Kier molecular flexibility index (Phi) is 11.6. The van der Waals surface area contributed by atoms with Crippen LogP contribution in [0.5, 0.6) is 0 Å². The molecule has 10 nitrogen and oxygen atoms in total. The van der Waals surface area contributed by atoms with Crippen LogP contribution in [0, 0.1) is 0 Å². The van der Waals surface area contributed by atoms with Gasteiger partial charge in [0, 0.05) is 50.3 Å². The Morgan fingerprint density at radius 3 is 1.45 bits per heavy atom. The number of esters is 1. The molecular weight excluding hydrogens is 639 g/mol. The topological polar surface area (TPSA) is 116 Å². The van der Waals surface area contributed by atoms with Crippen molar-refractivity contribution in [3.63, 3.8) is 0 Å². The summed E-state index contributed by atoms with van der Waals surface area (Å²) in [6.45, 7) is 4.49. The van der Waals surface area contributed by atoms with Gasteiger partial charge in [-0.2, -0.15) is 13.2 Å². The molecule has 3 amide bonds. The summed E-state index contributed by atoms with van der Waals surface area (Å²) in [7, 11) is 0. The number of hydrogen-bond donors (Lipinski definition) is 1. The molecule has 2 saturated heterocycles. The highest BCUT2D eigenvalue weighted by Crippen LogP contribution is 2.36. The van der Waals surface area contributed by atoms with Gasteiger partial charge < -0.3 is 20.3 Å². The number of amides is 3. The summed E-state index contributed by atoms with van der Waals surface area (Å²) in [6.07, 6.45) is 2.47. The Hall–Kier alpha value is -3.97. The molecule has 0 bridgehead atoms. The Bertz CT molecular complexity index is 1450. The van der Waals surface area contributed by atoms with E-state index in [1.807, 2.05) is 67.6 Å². The number of piperazine rings is 2. The monoisotopic (exact) mass is 685 g/mol. The molecule has 0 aromatic heterocycles. The van der Waals surface area contributed by atoms with Gasteiger partial charge >= 0.3 is 29.9 Å². The molecular formula is C36H46F3N5O5. The highest BCUT2D eigenvalue weighted by Gasteiger charge is 2.43. The molecule has 13 heteroatoms. The minimum Gasteiger partial charge on any atom is -0.449 e. The third-order valence-corrected chi connectivity index (χ3v) is 10.3. The van der Waals surface area contributed by atoms with Crippen molar-refractivity contribution in [1.29, 1.82) is 0 Å². The highest BCUT2D eigenvalue weighted by atomic mass is 19.4. The third-order valence-electron chi connectivity index (χ3n) is 10.3. The number of ether oxygens (including phenoxy) is 1. The molecule has 0 unspecified atom stereocenters. The standard InChI is InChI=1S/C19H23F3N2O3.C17H23N3O2/c1-13-10-24(17(25)18(26)27-12-19(20,21)22)16(14-6-3-2-4-7-14)11-23(13)15-8-5-9-15;1-12-10-20(17(22)16(18)21)15(13-6-3-2-4-7-13)11-19(12)14-8-5-9-14/h2-4,6-7,13,15-16H,5,8-12H2,1H3;2-4,6-7,12,14-15H,5,8-11H2,1H3,(H2,18,21)/t13-,16-;12-,15-/m11/s1. The first-order valence-corrected chi connectivity index (χ1v) is 17.1. The molecule has 2 aromatic carbocycles. The minimum atomic E-state index is -4.66. The normalized spacial score (nSPS) is 25.3. The number of nitrogens with two attached hydrogens (primary N) is 1. The van der Waals surface area contributed by atoms with Crippen LogP contribution in [0.4, 0.5) is 13.2 Å². The summed E-state index contributed by atoms with van der Waals surface area (Å²) < 4.78 is 41.1. The Labute approximate surface area is 285 Å². The maximum absolute atomic E-state index is 12.6. The van der Waals surface area contributed by atoms with Gasteiger partial charge in [-0.05, 0) is 50.7 Å². The van der Waals surface area contributed by atoms with Crippen LogP contribution in [0.3, 0.4) is 0 Å². The van der Waals surface area contributed by atoms with Gasteiger partial charge in [0.25, 0.3) is 0 Å². The van der Waals surface area contributed by atoms with Crippen LogP contribution < -0.4 is 5.73 Å². The first-order chi connectivity index (χ1) is 23.3. The molecule has 0 radical (unpaired) electrons. The van der Waals surface area contributed by atoms with Gasteiger partial charge in [0.05, 0.1) is 12.1 Å². The maximum Gasteiger partial charge on any atom is 0.422 e. The Morgan fingerprint density at radius 2 is 1.10 bits per heavy atom. The molecule has 0 spiro atoms. The van der Waals surface area contributed by atoms with E-state index in [-0.39, 0.29) is 24.7 Å². The van der Waals surface area contributed by atoms with E-state index >= 15 is 0 Å². The van der Waals surface area contributed by atoms with Gasteiger partial charge in [-0.3, -0.25) is 24.2 Å². The van der Waals surface area contributed by atoms with Crippen molar-refractivity contribution >= 4 is 23.7 Å². The largest absolute Gasteiger partial charge is 0.449 e. The van der Waals surface area contributed by atoms with Gasteiger partial charge in [-0.25, -0.2) is 4.79 Å². The molecule has 2 N–H and O–H groups in total. The van der Waals surface area contributed by atoms with Crippen molar-refractivity contribution in [2.45, 2.75) is 94.8 Å². The van der Waals surface area contributed by atoms with Crippen molar-refractivity contribution in [3.8, 4) is 0 Å². The summed E-state index contributed by atoms with van der Waals surface area (Å²) in [4.78, 5) is 55.9. The maximum atomic E-state index is 12.6. The average molecular weight is 686 g/mol. The number of alkyl halides is 3. The van der Waals surface area contributed by atoms with E-state index in [9.17, 15) is 32.3 Å². The summed E-state index contributed by atoms with van der Waals surface area (Å²) in [6, 6.07) is 20.0. The lowest BCUT2D eigenvalue weighted by molar-refractivity contribution is -0.190. The van der Waals surface area contributed by atoms with E-state index in [4.69, 9.17) is 5.73 Å². The first kappa shape index (κ1) is 36.3. The second-order valence-electron chi connectivity index (χ2n) is 13.6. The van der Waals surface area contributed by atoms with Crippen LogP contribution in [0.25, 0.3) is 0 Å². The summed E-state index contributed by atoms with van der Waals surface area (Å²) >= 11 is 0. The molecule has 4 fully saturated rings. The van der Waals surface area contributed by atoms with Gasteiger partial charge in [-0.1, -0.05) is 73.5 Å². The molecule has 6 rings (SSSR count). The molecule has 2 aliphatic heterocycles. The van der Waals surface area contributed by atoms with E-state index < -0.39 is 42.5 Å². The molecule has 49 heavy (non-hydrogen) atoms. The highest BCUT2D eigenvalue weighted by molar-refractivity contribution is 6.34. The molecule has 2 saturated carbocycles. The fraction of sp³-hybridized carbons (Fsp3) is 0.556. The number of rotatable bonds is 5. The summed E-state index contributed by atoms with van der Waals surface area (Å²) in [5.74, 6) is -3.93. The number of carbonyl (C=O) groups excluding carboxylic acids is 4. The molecule has 2 aliphatic carbocycles. The quantitative estimate of drug-likeness (QED) is 0.370. The lowest BCUT2D eigenvalue weighted by atomic mass is 9.88. The third kappa shape index (κ3) is 8.80. The second kappa shape index (κ2) is 15.7. The van der Waals surface area contributed by atoms with Crippen molar-refractivity contribution in [1.82, 2.24) is 19.6 Å². The van der Waals surface area contributed by atoms with E-state index in [2.05, 4.69) is 21.5 Å². The van der Waals surface area contributed by atoms with Gasteiger partial charge in [0.2, 0.25) is 0 Å². The number of benzene rings is 2. The number of halogens is 3. The molecule has 2 heterocycles. The number of primary amides is 1. The van der Waals surface area contributed by atoms with Crippen molar-refractivity contribution < 1.29 is 37.1 Å². The van der Waals surface area contributed by atoms with Crippen molar-refractivity contribution in [3.05, 3.63) is 71.8 Å². The van der Waals surface area contributed by atoms with Gasteiger partial charge in [0.15, 0.2) is 6.61 Å². The Balaban J connectivity index is 0.000000195. The minimum absolute atomic E-state index is 0.0228. The molecule has 2 aromatic rings. The SMILES string of the molecule is C[C@@H]1CN(C(=O)C(=O)OCC(F)(F)F)[C@@H](c2ccccc2)CN1C1CCC1.C[C@@H]1CN(C(=O)C(N)=O)[C@@H](c2ccccc2)CN1C1CCC1. The first-order valence-electron chi connectivity index (χ1n) is 17.1. The molecule has 4 aliphatic rings. The predicted molar refractivity (Wildman–Crippen MR) is 176 cm³/mol. The van der Waals surface area contributed by atoms with Gasteiger partial charge in [-0.15, -0.1) is 0 Å². The van der Waals surface area contributed by atoms with Crippen LogP contribution in [0.1, 0.15) is 75.6 Å². The van der Waals surface area contributed by atoms with Crippen LogP contribution >= 0.6 is 0 Å². The second-order valence-corrected chi connectivity index (χ2v) is 13.6. The summed E-state index contributed by atoms with van der Waals surface area (Å²) in [5, 5.41) is 0. The van der Waals surface area contributed by atoms with E-state index in [0.717, 1.165) is 30.5 Å². The van der Waals surface area contributed by atoms with Crippen LogP contribution in [0.15, 0.2) is 60.7 Å². The van der Waals surface area contributed by atoms with Crippen molar-refractivity contribution in [2.75, 3.05) is 32.8 Å². The molecule has 4 atom stereocenters. The fourth-order valence-electron chi connectivity index (χ4n) is 7.28. The lowest BCUT2D eigenvalue weighted by Crippen LogP contribution is -2.60. The number of hydrogen-bond acceptors (Lipinski definition) is 7. The van der Waals surface area contributed by atoms with Crippen molar-refractivity contribution in [2.24, 2.45) is 5.73 Å². The number of nitrogens with zero attached hydrogens (tertiary/aromatic N) is 4. The summed E-state index contributed by atoms with van der Waals surface area (Å²) in [5.41, 5.74) is 7.16. The predicted octanol–water partition coefficient (Wildman–Crippen LogP) is 4.22. The van der Waals surface area contributed by atoms with Gasteiger partial charge in [0.1, 0.15) is 0 Å². The van der Waals surface area contributed by atoms with Crippen LogP contribution in [0.2, 0.25) is 0 Å². The Morgan fingerprint density at radius 1 is 0.694 bits per heavy atom. The number of carbonyl (C=O) groups is 4. The zero-order valence-electron chi connectivity index (χ0n) is 28.1. The van der Waals surface area contributed by atoms with Crippen LogP contribution in [-0.2, 0) is 23.9 Å². The smallest absolute Gasteiger partial charge is 0.422 e. The molecule has 266 valence electrons. The zero-order valence-corrected chi connectivity index (χ0v) is 28.1. The van der Waals surface area contributed by atoms with E-state index in [1.54, 1.807) is 4.90 Å². The van der Waals surface area contributed by atoms with E-state index in [0.29, 0.717) is 25.2 Å². The fourth-order valence-corrected chi connectivity index (χ4v) is 7.28. The lowest BCUT2D eigenvalue weighted by Gasteiger charge is -2.50. The average Bonchev–Trinajstić information content (AvgIpc) is 3.03.